The molecule has 1 aromatic heterocycles. The van der Waals surface area contributed by atoms with E-state index >= 15 is 0 Å². The lowest BCUT2D eigenvalue weighted by Gasteiger charge is -2.12. The number of hydrogen-bond donors (Lipinski definition) is 2. The van der Waals surface area contributed by atoms with Crippen LogP contribution in [0.2, 0.25) is 0 Å². The first-order chi connectivity index (χ1) is 11.8. The lowest BCUT2D eigenvalue weighted by Crippen LogP contribution is -2.22. The van der Waals surface area contributed by atoms with Gasteiger partial charge in [-0.2, -0.15) is 0 Å². The number of para-hydroxylation sites is 1. The second-order valence-electron chi connectivity index (χ2n) is 5.14. The summed E-state index contributed by atoms with van der Waals surface area (Å²) in [6.45, 7) is 0. The Labute approximate surface area is 141 Å². The molecule has 0 bridgehead atoms. The smallest absolute Gasteiger partial charge is 0.275 e. The highest BCUT2D eigenvalue weighted by Crippen LogP contribution is 2.42. The maximum absolute atomic E-state index is 12.0. The predicted molar refractivity (Wildman–Crippen MR) is 91.8 cm³/mol. The van der Waals surface area contributed by atoms with E-state index in [1.807, 2.05) is 41.8 Å². The van der Waals surface area contributed by atoms with Gasteiger partial charge in [-0.15, -0.1) is 11.3 Å². The number of aliphatic imine (C=N–C) groups is 1. The van der Waals surface area contributed by atoms with Gasteiger partial charge < -0.3 is 4.74 Å². The minimum atomic E-state index is -0.582. The summed E-state index contributed by atoms with van der Waals surface area (Å²) in [4.78, 5) is 16.8. The second-order valence-corrected chi connectivity index (χ2v) is 6.02. The fourth-order valence-corrected chi connectivity index (χ4v) is 3.33. The number of fused-ring (bicyclic) bond motifs is 2. The van der Waals surface area contributed by atoms with E-state index in [1.54, 1.807) is 23.7 Å². The third kappa shape index (κ3) is 2.38. The van der Waals surface area contributed by atoms with Gasteiger partial charge in [-0.3, -0.25) is 10.0 Å². The molecule has 5 nitrogen and oxygen atoms in total. The number of ether oxygens (including phenoxy) is 1. The maximum Gasteiger partial charge on any atom is 0.275 e. The normalized spacial score (nSPS) is 12.3. The molecule has 0 radical (unpaired) electrons. The number of amides is 1. The van der Waals surface area contributed by atoms with Gasteiger partial charge in [-0.1, -0.05) is 30.3 Å². The van der Waals surface area contributed by atoms with Crippen LogP contribution in [0.25, 0.3) is 0 Å². The summed E-state index contributed by atoms with van der Waals surface area (Å²) < 4.78 is 5.97. The monoisotopic (exact) mass is 336 g/mol. The third-order valence-corrected chi connectivity index (χ3v) is 4.49. The molecule has 0 atom stereocenters. The average Bonchev–Trinajstić information content (AvgIpc) is 3.00. The van der Waals surface area contributed by atoms with Crippen LogP contribution < -0.4 is 10.2 Å². The lowest BCUT2D eigenvalue weighted by molar-refractivity contribution is 0.0706. The zero-order chi connectivity index (χ0) is 16.5. The number of carbonyl (C=O) groups is 1. The molecule has 24 heavy (non-hydrogen) atoms. The van der Waals surface area contributed by atoms with Crippen molar-refractivity contribution < 1.29 is 14.7 Å². The summed E-state index contributed by atoms with van der Waals surface area (Å²) in [6.07, 6.45) is 0. The molecule has 1 aliphatic rings. The van der Waals surface area contributed by atoms with Gasteiger partial charge in [0, 0.05) is 11.1 Å². The fraction of sp³-hybridized carbons (Fsp3) is 0. The molecule has 4 rings (SSSR count). The van der Waals surface area contributed by atoms with E-state index in [9.17, 15) is 4.79 Å². The van der Waals surface area contributed by atoms with Gasteiger partial charge in [0.25, 0.3) is 5.91 Å². The van der Waals surface area contributed by atoms with Gasteiger partial charge >= 0.3 is 0 Å². The minimum absolute atomic E-state index is 0.340. The summed E-state index contributed by atoms with van der Waals surface area (Å²) in [5.41, 5.74) is 4.79. The van der Waals surface area contributed by atoms with E-state index in [0.717, 1.165) is 5.56 Å². The van der Waals surface area contributed by atoms with Crippen LogP contribution >= 0.6 is 11.3 Å². The van der Waals surface area contributed by atoms with Crippen LogP contribution in [0.15, 0.2) is 65.0 Å². The number of hydrogen-bond acceptors (Lipinski definition) is 5. The van der Waals surface area contributed by atoms with E-state index in [4.69, 9.17) is 14.9 Å². The van der Waals surface area contributed by atoms with Crippen LogP contribution in [0, 0.1) is 0 Å². The molecule has 0 spiro atoms. The first-order valence-corrected chi connectivity index (χ1v) is 8.13. The van der Waals surface area contributed by atoms with E-state index in [-0.39, 0.29) is 0 Å². The maximum atomic E-state index is 12.0. The highest BCUT2D eigenvalue weighted by atomic mass is 32.1. The number of nitrogens with zero attached hydrogens (tertiary/aromatic N) is 1. The summed E-state index contributed by atoms with van der Waals surface area (Å²) in [5, 5.41) is 11.6. The summed E-state index contributed by atoms with van der Waals surface area (Å²) in [5.74, 6) is 0.0955. The third-order valence-electron chi connectivity index (χ3n) is 3.72. The van der Waals surface area contributed by atoms with Gasteiger partial charge in [0.1, 0.15) is 11.4 Å². The summed E-state index contributed by atoms with van der Waals surface area (Å²) in [6, 6.07) is 16.4. The van der Waals surface area contributed by atoms with E-state index in [1.165, 1.54) is 11.3 Å². The van der Waals surface area contributed by atoms with Crippen molar-refractivity contribution in [3.05, 3.63) is 76.7 Å². The molecule has 6 heteroatoms. The van der Waals surface area contributed by atoms with E-state index in [2.05, 4.69) is 0 Å². The Balaban J connectivity index is 1.99. The highest BCUT2D eigenvalue weighted by molar-refractivity contribution is 7.12. The molecule has 1 amide bonds. The standard InChI is InChI=1S/C18H12N2O3S/c21-17(20-22)12-6-2-1-5-11(12)16-13-7-3-4-8-15(13)23-18-14(19-16)9-10-24-18/h1-10,22H,(H,20,21). The van der Waals surface area contributed by atoms with Gasteiger partial charge in [-0.05, 0) is 29.6 Å². The van der Waals surface area contributed by atoms with Crippen molar-refractivity contribution in [1.29, 1.82) is 0 Å². The van der Waals surface area contributed by atoms with Crippen LogP contribution in [0.1, 0.15) is 21.5 Å². The average molecular weight is 336 g/mol. The predicted octanol–water partition coefficient (Wildman–Crippen LogP) is 4.14. The summed E-state index contributed by atoms with van der Waals surface area (Å²) in [7, 11) is 0. The first kappa shape index (κ1) is 14.6. The van der Waals surface area contributed by atoms with Gasteiger partial charge in [0.05, 0.1) is 11.3 Å². The Bertz CT molecular complexity index is 962. The molecular weight excluding hydrogens is 324 g/mol. The Hall–Kier alpha value is -2.96. The number of benzene rings is 2. The van der Waals surface area contributed by atoms with Crippen molar-refractivity contribution in [1.82, 2.24) is 5.48 Å². The van der Waals surface area contributed by atoms with Crippen molar-refractivity contribution in [3.63, 3.8) is 0 Å². The van der Waals surface area contributed by atoms with Crippen molar-refractivity contribution in [2.75, 3.05) is 0 Å². The van der Waals surface area contributed by atoms with Crippen LogP contribution in [0.5, 0.6) is 10.8 Å². The van der Waals surface area contributed by atoms with Crippen LogP contribution in [-0.4, -0.2) is 16.8 Å². The Morgan fingerprint density at radius 1 is 1.04 bits per heavy atom. The topological polar surface area (TPSA) is 70.9 Å². The first-order valence-electron chi connectivity index (χ1n) is 7.25. The van der Waals surface area contributed by atoms with Crippen molar-refractivity contribution >= 4 is 28.6 Å². The molecule has 0 saturated carbocycles. The van der Waals surface area contributed by atoms with Crippen molar-refractivity contribution in [2.24, 2.45) is 4.99 Å². The molecule has 0 aliphatic carbocycles. The number of hydroxylamine groups is 1. The fourth-order valence-electron chi connectivity index (χ4n) is 2.63. The highest BCUT2D eigenvalue weighted by Gasteiger charge is 2.23. The van der Waals surface area contributed by atoms with Gasteiger partial charge in [0.2, 0.25) is 5.06 Å². The van der Waals surface area contributed by atoms with Crippen LogP contribution in [0.4, 0.5) is 5.69 Å². The van der Waals surface area contributed by atoms with Crippen LogP contribution in [0.3, 0.4) is 0 Å². The molecule has 0 saturated heterocycles. The SMILES string of the molecule is O=C(NO)c1ccccc1C1=Nc2ccsc2Oc2ccccc21. The van der Waals surface area contributed by atoms with Gasteiger partial charge in [0.15, 0.2) is 0 Å². The zero-order valence-electron chi connectivity index (χ0n) is 12.4. The number of thiophene rings is 1. The lowest BCUT2D eigenvalue weighted by atomic mass is 9.96. The second kappa shape index (κ2) is 5.92. The van der Waals surface area contributed by atoms with Crippen molar-refractivity contribution in [2.45, 2.75) is 0 Å². The zero-order valence-corrected chi connectivity index (χ0v) is 13.2. The molecule has 3 aromatic rings. The quantitative estimate of drug-likeness (QED) is 0.427. The largest absolute Gasteiger partial charge is 0.444 e. The molecule has 2 N–H and O–H groups in total. The Kier molecular flexibility index (Phi) is 3.60. The number of nitrogens with one attached hydrogen (secondary N) is 1. The van der Waals surface area contributed by atoms with Crippen LogP contribution in [-0.2, 0) is 0 Å². The van der Waals surface area contributed by atoms with E-state index < -0.39 is 5.91 Å². The Morgan fingerprint density at radius 2 is 1.79 bits per heavy atom. The Morgan fingerprint density at radius 3 is 2.62 bits per heavy atom. The van der Waals surface area contributed by atoms with Crippen molar-refractivity contribution in [3.8, 4) is 10.8 Å². The molecule has 0 fully saturated rings. The molecule has 0 unspecified atom stereocenters. The van der Waals surface area contributed by atoms with E-state index in [0.29, 0.717) is 33.3 Å². The molecule has 1 aliphatic heterocycles. The summed E-state index contributed by atoms with van der Waals surface area (Å²) >= 11 is 1.47. The minimum Gasteiger partial charge on any atom is -0.444 e. The molecule has 118 valence electrons. The number of carbonyl (C=O) groups excluding carboxylic acids is 1. The molecular formula is C18H12N2O3S. The van der Waals surface area contributed by atoms with Gasteiger partial charge in [-0.25, -0.2) is 10.5 Å². The molecule has 2 aromatic carbocycles. The molecule has 2 heterocycles. The number of rotatable bonds is 2.